The van der Waals surface area contributed by atoms with Crippen LogP contribution in [0.4, 0.5) is 5.69 Å². The number of hydrazine groups is 1. The van der Waals surface area contributed by atoms with Crippen LogP contribution in [0.25, 0.3) is 0 Å². The number of nitrogens with one attached hydrogen (secondary N) is 2. The Hall–Kier alpha value is -1.81. The van der Waals surface area contributed by atoms with Gasteiger partial charge in [0.25, 0.3) is 5.91 Å². The van der Waals surface area contributed by atoms with Crippen molar-refractivity contribution in [2.24, 2.45) is 0 Å². The zero-order valence-electron chi connectivity index (χ0n) is 8.98. The second kappa shape index (κ2) is 5.50. The van der Waals surface area contributed by atoms with E-state index in [9.17, 15) is 4.79 Å². The number of anilines is 1. The molecular weight excluding hydrogens is 280 g/mol. The first-order chi connectivity index (χ1) is 8.25. The SMILES string of the molecule is O=C(NNc1ccccc1)c1ccc(Br)cc1. The van der Waals surface area contributed by atoms with Gasteiger partial charge in [-0.3, -0.25) is 15.6 Å². The van der Waals surface area contributed by atoms with Crippen LogP contribution in [0, 0.1) is 0 Å². The summed E-state index contributed by atoms with van der Waals surface area (Å²) in [5.41, 5.74) is 6.93. The van der Waals surface area contributed by atoms with E-state index in [1.54, 1.807) is 12.1 Å². The van der Waals surface area contributed by atoms with Gasteiger partial charge < -0.3 is 0 Å². The fourth-order valence-corrected chi connectivity index (χ4v) is 1.59. The van der Waals surface area contributed by atoms with Gasteiger partial charge in [-0.05, 0) is 36.4 Å². The van der Waals surface area contributed by atoms with Crippen molar-refractivity contribution in [3.8, 4) is 0 Å². The van der Waals surface area contributed by atoms with Crippen LogP contribution in [0.2, 0.25) is 0 Å². The van der Waals surface area contributed by atoms with Crippen molar-refractivity contribution < 1.29 is 4.79 Å². The number of para-hydroxylation sites is 1. The fourth-order valence-electron chi connectivity index (χ4n) is 1.32. The molecule has 0 aliphatic rings. The second-order valence-electron chi connectivity index (χ2n) is 3.45. The molecule has 0 radical (unpaired) electrons. The minimum absolute atomic E-state index is 0.165. The molecule has 0 bridgehead atoms. The quantitative estimate of drug-likeness (QED) is 0.853. The average molecular weight is 291 g/mol. The minimum atomic E-state index is -0.165. The van der Waals surface area contributed by atoms with Gasteiger partial charge in [0.1, 0.15) is 0 Å². The molecule has 4 heteroatoms. The van der Waals surface area contributed by atoms with Crippen LogP contribution in [0.1, 0.15) is 10.4 Å². The zero-order valence-corrected chi connectivity index (χ0v) is 10.6. The Morgan fingerprint density at radius 1 is 0.941 bits per heavy atom. The number of hydrogen-bond donors (Lipinski definition) is 2. The summed E-state index contributed by atoms with van der Waals surface area (Å²) in [5, 5.41) is 0. The molecule has 2 N–H and O–H groups in total. The number of carbonyl (C=O) groups is 1. The smallest absolute Gasteiger partial charge is 0.269 e. The molecule has 2 aromatic carbocycles. The molecule has 0 saturated heterocycles. The highest BCUT2D eigenvalue weighted by atomic mass is 79.9. The molecule has 0 fully saturated rings. The number of halogens is 1. The first kappa shape index (κ1) is 11.7. The van der Waals surface area contributed by atoms with E-state index in [1.807, 2.05) is 42.5 Å². The molecule has 17 heavy (non-hydrogen) atoms. The van der Waals surface area contributed by atoms with Crippen LogP contribution in [-0.2, 0) is 0 Å². The Morgan fingerprint density at radius 2 is 1.59 bits per heavy atom. The summed E-state index contributed by atoms with van der Waals surface area (Å²) in [6.07, 6.45) is 0. The lowest BCUT2D eigenvalue weighted by Gasteiger charge is -2.08. The first-order valence-electron chi connectivity index (χ1n) is 5.13. The summed E-state index contributed by atoms with van der Waals surface area (Å²) < 4.78 is 0.949. The van der Waals surface area contributed by atoms with Gasteiger partial charge in [-0.1, -0.05) is 34.1 Å². The molecule has 0 aliphatic heterocycles. The second-order valence-corrected chi connectivity index (χ2v) is 4.37. The predicted octanol–water partition coefficient (Wildman–Crippen LogP) is 3.21. The van der Waals surface area contributed by atoms with E-state index in [0.29, 0.717) is 5.56 Å². The topological polar surface area (TPSA) is 41.1 Å². The Balaban J connectivity index is 1.96. The molecule has 0 heterocycles. The van der Waals surface area contributed by atoms with Crippen molar-refractivity contribution in [2.75, 3.05) is 5.43 Å². The van der Waals surface area contributed by atoms with Crippen molar-refractivity contribution in [1.29, 1.82) is 0 Å². The van der Waals surface area contributed by atoms with Crippen LogP contribution in [0.5, 0.6) is 0 Å². The van der Waals surface area contributed by atoms with Gasteiger partial charge in [-0.15, -0.1) is 0 Å². The summed E-state index contributed by atoms with van der Waals surface area (Å²) in [7, 11) is 0. The molecule has 0 aromatic heterocycles. The van der Waals surface area contributed by atoms with Gasteiger partial charge in [0.05, 0.1) is 5.69 Å². The Kier molecular flexibility index (Phi) is 3.77. The van der Waals surface area contributed by atoms with Crippen LogP contribution < -0.4 is 10.9 Å². The van der Waals surface area contributed by atoms with E-state index in [1.165, 1.54) is 0 Å². The van der Waals surface area contributed by atoms with Crippen molar-refractivity contribution in [3.63, 3.8) is 0 Å². The molecular formula is C13H11BrN2O. The van der Waals surface area contributed by atoms with Crippen LogP contribution in [0.3, 0.4) is 0 Å². The average Bonchev–Trinajstić information content (AvgIpc) is 2.38. The van der Waals surface area contributed by atoms with Gasteiger partial charge in [-0.2, -0.15) is 0 Å². The van der Waals surface area contributed by atoms with E-state index < -0.39 is 0 Å². The fraction of sp³-hybridized carbons (Fsp3) is 0. The zero-order chi connectivity index (χ0) is 12.1. The van der Waals surface area contributed by atoms with Crippen molar-refractivity contribution in [2.45, 2.75) is 0 Å². The third kappa shape index (κ3) is 3.32. The summed E-state index contributed by atoms with van der Waals surface area (Å²) in [6.45, 7) is 0. The largest absolute Gasteiger partial charge is 0.298 e. The minimum Gasteiger partial charge on any atom is -0.298 e. The molecule has 0 saturated carbocycles. The van der Waals surface area contributed by atoms with Gasteiger partial charge in [0.2, 0.25) is 0 Å². The highest BCUT2D eigenvalue weighted by Crippen LogP contribution is 2.10. The van der Waals surface area contributed by atoms with Gasteiger partial charge in [0.15, 0.2) is 0 Å². The third-order valence-electron chi connectivity index (χ3n) is 2.20. The summed E-state index contributed by atoms with van der Waals surface area (Å²) >= 11 is 3.32. The highest BCUT2D eigenvalue weighted by molar-refractivity contribution is 9.10. The van der Waals surface area contributed by atoms with E-state index >= 15 is 0 Å². The first-order valence-corrected chi connectivity index (χ1v) is 5.92. The maximum atomic E-state index is 11.7. The number of rotatable bonds is 3. The lowest BCUT2D eigenvalue weighted by Crippen LogP contribution is -2.29. The van der Waals surface area contributed by atoms with E-state index in [0.717, 1.165) is 10.2 Å². The molecule has 0 unspecified atom stereocenters. The van der Waals surface area contributed by atoms with E-state index in [4.69, 9.17) is 0 Å². The maximum Gasteiger partial charge on any atom is 0.269 e. The van der Waals surface area contributed by atoms with Crippen molar-refractivity contribution >= 4 is 27.5 Å². The molecule has 0 atom stereocenters. The summed E-state index contributed by atoms with van der Waals surface area (Å²) in [6, 6.07) is 16.6. The molecule has 2 rings (SSSR count). The molecule has 0 spiro atoms. The van der Waals surface area contributed by atoms with Crippen LogP contribution >= 0.6 is 15.9 Å². The third-order valence-corrected chi connectivity index (χ3v) is 2.73. The Labute approximate surface area is 108 Å². The highest BCUT2D eigenvalue weighted by Gasteiger charge is 2.03. The number of benzene rings is 2. The molecule has 1 amide bonds. The standard InChI is InChI=1S/C13H11BrN2O/c14-11-8-6-10(7-9-11)13(17)16-15-12-4-2-1-3-5-12/h1-9,15H,(H,16,17). The molecule has 86 valence electrons. The lowest BCUT2D eigenvalue weighted by molar-refractivity contribution is 0.0962. The number of carbonyl (C=O) groups excluding carboxylic acids is 1. The summed E-state index contributed by atoms with van der Waals surface area (Å²) in [5.74, 6) is -0.165. The Bertz CT molecular complexity index is 497. The Morgan fingerprint density at radius 3 is 2.24 bits per heavy atom. The molecule has 0 aliphatic carbocycles. The van der Waals surface area contributed by atoms with Crippen molar-refractivity contribution in [1.82, 2.24) is 5.43 Å². The van der Waals surface area contributed by atoms with Gasteiger partial charge >= 0.3 is 0 Å². The maximum absolute atomic E-state index is 11.7. The van der Waals surface area contributed by atoms with Crippen LogP contribution in [0.15, 0.2) is 59.1 Å². The van der Waals surface area contributed by atoms with E-state index in [-0.39, 0.29) is 5.91 Å². The van der Waals surface area contributed by atoms with Crippen molar-refractivity contribution in [3.05, 3.63) is 64.6 Å². The monoisotopic (exact) mass is 290 g/mol. The number of hydrogen-bond acceptors (Lipinski definition) is 2. The number of amides is 1. The normalized spacial score (nSPS) is 9.71. The van der Waals surface area contributed by atoms with Gasteiger partial charge in [0, 0.05) is 10.0 Å². The molecule has 3 nitrogen and oxygen atoms in total. The van der Waals surface area contributed by atoms with Crippen LogP contribution in [-0.4, -0.2) is 5.91 Å². The lowest BCUT2D eigenvalue weighted by atomic mass is 10.2. The summed E-state index contributed by atoms with van der Waals surface area (Å²) in [4.78, 5) is 11.7. The predicted molar refractivity (Wildman–Crippen MR) is 71.7 cm³/mol. The molecule has 2 aromatic rings. The van der Waals surface area contributed by atoms with E-state index in [2.05, 4.69) is 26.8 Å². The van der Waals surface area contributed by atoms with Gasteiger partial charge in [-0.25, -0.2) is 0 Å².